The van der Waals surface area contributed by atoms with Gasteiger partial charge in [0.15, 0.2) is 0 Å². The lowest BCUT2D eigenvalue weighted by Gasteiger charge is -2.35. The Labute approximate surface area is 142 Å². The Hall–Kier alpha value is -1.65. The fraction of sp³-hybridized carbons (Fsp3) is 0.722. The first kappa shape index (κ1) is 23.6. The molecule has 1 aromatic rings. The molecule has 0 radical (unpaired) electrons. The van der Waals surface area contributed by atoms with Crippen LogP contribution in [0.2, 0.25) is 0 Å². The van der Waals surface area contributed by atoms with Crippen LogP contribution in [0.3, 0.4) is 0 Å². The van der Waals surface area contributed by atoms with Crippen LogP contribution in [0, 0.1) is 6.92 Å². The highest BCUT2D eigenvalue weighted by Crippen LogP contribution is 2.31. The Kier molecular flexibility index (Phi) is 11.3. The zero-order valence-electron chi connectivity index (χ0n) is 16.7. The summed E-state index contributed by atoms with van der Waals surface area (Å²) in [4.78, 5) is 19.9. The summed E-state index contributed by atoms with van der Waals surface area (Å²) in [6.45, 7) is 18.2. The Morgan fingerprint density at radius 1 is 1.04 bits per heavy atom. The van der Waals surface area contributed by atoms with Gasteiger partial charge in [0.05, 0.1) is 0 Å². The van der Waals surface area contributed by atoms with Crippen LogP contribution in [-0.2, 0) is 5.41 Å². The highest BCUT2D eigenvalue weighted by molar-refractivity contribution is 5.74. The zero-order chi connectivity index (χ0) is 18.7. The van der Waals surface area contributed by atoms with Crippen molar-refractivity contribution >= 4 is 6.03 Å². The van der Waals surface area contributed by atoms with Gasteiger partial charge in [-0.05, 0) is 38.2 Å². The molecule has 0 aliphatic rings. The van der Waals surface area contributed by atoms with Crippen LogP contribution >= 0.6 is 0 Å². The predicted molar refractivity (Wildman–Crippen MR) is 98.8 cm³/mol. The molecule has 134 valence electrons. The van der Waals surface area contributed by atoms with Crippen molar-refractivity contribution in [3.8, 4) is 0 Å². The Morgan fingerprint density at radius 3 is 1.87 bits per heavy atom. The second-order valence-corrected chi connectivity index (χ2v) is 6.17. The Morgan fingerprint density at radius 2 is 1.48 bits per heavy atom. The first-order valence-corrected chi connectivity index (χ1v) is 8.45. The minimum absolute atomic E-state index is 0.113. The average molecular weight is 325 g/mol. The summed E-state index contributed by atoms with van der Waals surface area (Å²) in [7, 11) is 1.62. The van der Waals surface area contributed by atoms with E-state index in [4.69, 9.17) is 0 Å². The first-order chi connectivity index (χ1) is 10.7. The normalized spacial score (nSPS) is 10.5. The molecule has 1 rings (SSSR count). The standard InChI is InChI=1S/C14H24N4O.2C2H6/c1-10-16-7-11(8-17-10)13(2,3)9-14(4,5)18-12(19)15-6;2*1-2/h7-8H,9H2,1-6H3,(H2,15,18,19);2*1-2H3. The van der Waals surface area contributed by atoms with Gasteiger partial charge >= 0.3 is 6.03 Å². The van der Waals surface area contributed by atoms with E-state index < -0.39 is 0 Å². The highest BCUT2D eigenvalue weighted by atomic mass is 16.2. The van der Waals surface area contributed by atoms with Crippen molar-refractivity contribution in [2.75, 3.05) is 7.05 Å². The first-order valence-electron chi connectivity index (χ1n) is 8.45. The summed E-state index contributed by atoms with van der Waals surface area (Å²) in [6, 6.07) is -0.166. The van der Waals surface area contributed by atoms with Crippen LogP contribution in [0.4, 0.5) is 4.79 Å². The van der Waals surface area contributed by atoms with Crippen LogP contribution in [0.25, 0.3) is 0 Å². The third-order valence-electron chi connectivity index (χ3n) is 3.13. The summed E-state index contributed by atoms with van der Waals surface area (Å²) >= 11 is 0. The lowest BCUT2D eigenvalue weighted by molar-refractivity contribution is 0.222. The molecule has 1 aromatic heterocycles. The number of hydrogen-bond acceptors (Lipinski definition) is 3. The van der Waals surface area contributed by atoms with E-state index in [2.05, 4.69) is 34.4 Å². The molecule has 0 bridgehead atoms. The molecule has 0 saturated heterocycles. The smallest absolute Gasteiger partial charge is 0.314 e. The maximum atomic E-state index is 11.4. The molecular formula is C18H36N4O. The maximum absolute atomic E-state index is 11.4. The number of carbonyl (C=O) groups excluding carboxylic acids is 1. The predicted octanol–water partition coefficient (Wildman–Crippen LogP) is 4.21. The number of rotatable bonds is 4. The van der Waals surface area contributed by atoms with Gasteiger partial charge in [0.2, 0.25) is 0 Å². The number of nitrogens with one attached hydrogen (secondary N) is 2. The maximum Gasteiger partial charge on any atom is 0.314 e. The van der Waals surface area contributed by atoms with Gasteiger partial charge in [0, 0.05) is 25.0 Å². The number of amides is 2. The summed E-state index contributed by atoms with van der Waals surface area (Å²) in [6.07, 6.45) is 4.51. The molecule has 1 heterocycles. The number of carbonyl (C=O) groups is 1. The van der Waals surface area contributed by atoms with Crippen LogP contribution in [-0.4, -0.2) is 28.6 Å². The van der Waals surface area contributed by atoms with Crippen molar-refractivity contribution in [1.29, 1.82) is 0 Å². The molecule has 5 nitrogen and oxygen atoms in total. The molecule has 5 heteroatoms. The quantitative estimate of drug-likeness (QED) is 0.871. The molecule has 2 amide bonds. The molecule has 0 unspecified atom stereocenters. The van der Waals surface area contributed by atoms with Crippen molar-refractivity contribution in [1.82, 2.24) is 20.6 Å². The third-order valence-corrected chi connectivity index (χ3v) is 3.13. The molecule has 0 aromatic carbocycles. The summed E-state index contributed by atoms with van der Waals surface area (Å²) in [5, 5.41) is 5.53. The van der Waals surface area contributed by atoms with Gasteiger partial charge in [0.25, 0.3) is 0 Å². The second kappa shape index (κ2) is 11.0. The monoisotopic (exact) mass is 324 g/mol. The van der Waals surface area contributed by atoms with E-state index in [9.17, 15) is 4.79 Å². The molecule has 0 spiro atoms. The molecule has 2 N–H and O–H groups in total. The molecule has 0 atom stereocenters. The van der Waals surface area contributed by atoms with Crippen molar-refractivity contribution in [2.45, 2.75) is 79.7 Å². The summed E-state index contributed by atoms with van der Waals surface area (Å²) in [5.74, 6) is 0.766. The van der Waals surface area contributed by atoms with Gasteiger partial charge in [-0.15, -0.1) is 0 Å². The highest BCUT2D eigenvalue weighted by Gasteiger charge is 2.31. The van der Waals surface area contributed by atoms with E-state index in [1.807, 2.05) is 60.9 Å². The van der Waals surface area contributed by atoms with Crippen LogP contribution in [0.15, 0.2) is 12.4 Å². The van der Waals surface area contributed by atoms with E-state index in [1.165, 1.54) is 0 Å². The molecule has 0 saturated carbocycles. The van der Waals surface area contributed by atoms with Gasteiger partial charge in [-0.25, -0.2) is 14.8 Å². The molecular weight excluding hydrogens is 288 g/mol. The molecule has 0 aliphatic heterocycles. The van der Waals surface area contributed by atoms with Gasteiger partial charge in [-0.1, -0.05) is 41.5 Å². The average Bonchev–Trinajstić information content (AvgIpc) is 2.50. The number of nitrogens with zero attached hydrogens (tertiary/aromatic N) is 2. The molecule has 0 aliphatic carbocycles. The minimum Gasteiger partial charge on any atom is -0.341 e. The molecule has 23 heavy (non-hydrogen) atoms. The lowest BCUT2D eigenvalue weighted by atomic mass is 9.76. The minimum atomic E-state index is -0.311. The largest absolute Gasteiger partial charge is 0.341 e. The number of aryl methyl sites for hydroxylation is 1. The van der Waals surface area contributed by atoms with E-state index >= 15 is 0 Å². The van der Waals surface area contributed by atoms with Crippen molar-refractivity contribution in [3.05, 3.63) is 23.8 Å². The lowest BCUT2D eigenvalue weighted by Crippen LogP contribution is -2.50. The van der Waals surface area contributed by atoms with Crippen molar-refractivity contribution in [2.24, 2.45) is 0 Å². The summed E-state index contributed by atoms with van der Waals surface area (Å²) < 4.78 is 0. The number of hydrogen-bond donors (Lipinski definition) is 2. The summed E-state index contributed by atoms with van der Waals surface area (Å²) in [5.41, 5.74) is 0.650. The topological polar surface area (TPSA) is 66.9 Å². The molecule has 0 fully saturated rings. The SMILES string of the molecule is CC.CC.CNC(=O)NC(C)(C)CC(C)(C)c1cnc(C)nc1. The van der Waals surface area contributed by atoms with Crippen molar-refractivity contribution < 1.29 is 4.79 Å². The van der Waals surface area contributed by atoms with Gasteiger partial charge < -0.3 is 10.6 Å². The zero-order valence-corrected chi connectivity index (χ0v) is 16.7. The Balaban J connectivity index is 0. The second-order valence-electron chi connectivity index (χ2n) is 6.17. The van der Waals surface area contributed by atoms with E-state index in [0.29, 0.717) is 0 Å². The number of aromatic nitrogens is 2. The Bertz CT molecular complexity index is 439. The van der Waals surface area contributed by atoms with E-state index in [0.717, 1.165) is 17.8 Å². The number of urea groups is 1. The van der Waals surface area contributed by atoms with E-state index in [1.54, 1.807) is 7.05 Å². The van der Waals surface area contributed by atoms with Gasteiger partial charge in [-0.2, -0.15) is 0 Å². The van der Waals surface area contributed by atoms with E-state index in [-0.39, 0.29) is 17.0 Å². The van der Waals surface area contributed by atoms with Crippen molar-refractivity contribution in [3.63, 3.8) is 0 Å². The van der Waals surface area contributed by atoms with Gasteiger partial charge in [0.1, 0.15) is 5.82 Å². The fourth-order valence-corrected chi connectivity index (χ4v) is 2.36. The van der Waals surface area contributed by atoms with Gasteiger partial charge in [-0.3, -0.25) is 0 Å². The fourth-order valence-electron chi connectivity index (χ4n) is 2.36. The van der Waals surface area contributed by atoms with Crippen LogP contribution in [0.5, 0.6) is 0 Å². The van der Waals surface area contributed by atoms with Crippen LogP contribution < -0.4 is 10.6 Å². The van der Waals surface area contributed by atoms with Crippen LogP contribution in [0.1, 0.15) is 73.2 Å². The third kappa shape index (κ3) is 9.16.